The molecule has 0 saturated carbocycles. The van der Waals surface area contributed by atoms with Gasteiger partial charge in [-0.1, -0.05) is 140 Å². The van der Waals surface area contributed by atoms with E-state index in [1.807, 2.05) is 0 Å². The van der Waals surface area contributed by atoms with E-state index in [0.29, 0.717) is 0 Å². The third-order valence-corrected chi connectivity index (χ3v) is 10.5. The second-order valence-electron chi connectivity index (χ2n) is 13.7. The van der Waals surface area contributed by atoms with Crippen molar-refractivity contribution < 1.29 is 0 Å². The highest BCUT2D eigenvalue weighted by Crippen LogP contribution is 2.50. The minimum Gasteiger partial charge on any atom is -0.310 e. The molecule has 0 fully saturated rings. The molecule has 1 nitrogen and oxygen atoms in total. The number of aryl methyl sites for hydroxylation is 2. The van der Waals surface area contributed by atoms with E-state index in [1.54, 1.807) is 0 Å². The Balaban J connectivity index is 1.46. The quantitative estimate of drug-likeness (QED) is 0.161. The molecule has 1 aliphatic carbocycles. The van der Waals surface area contributed by atoms with Crippen molar-refractivity contribution in [2.24, 2.45) is 0 Å². The number of anilines is 3. The zero-order valence-corrected chi connectivity index (χ0v) is 29.1. The number of nitrogens with zero attached hydrogens (tertiary/aromatic N) is 1. The fraction of sp³-hybridized carbons (Fsp3) is 0.0800. The number of hydrogen-bond acceptors (Lipinski definition) is 1. The number of rotatable bonds is 6. The van der Waals surface area contributed by atoms with Gasteiger partial charge < -0.3 is 4.90 Å². The SMILES string of the molecule is Cc1cccc(N(c2ccc3c(c2)c2ccccc2c2c(C4=CC=CCC4)cc(-c4ccccc4)c(-c4ccccc4)c32)c2ccccc2C)c1. The topological polar surface area (TPSA) is 3.24 Å². The molecule has 0 spiro atoms. The van der Waals surface area contributed by atoms with Crippen LogP contribution in [0.1, 0.15) is 29.5 Å². The molecule has 8 aromatic carbocycles. The molecule has 0 unspecified atom stereocenters. The second kappa shape index (κ2) is 12.9. The van der Waals surface area contributed by atoms with E-state index in [9.17, 15) is 0 Å². The van der Waals surface area contributed by atoms with Crippen LogP contribution < -0.4 is 4.90 Å². The molecule has 0 amide bonds. The average molecular weight is 654 g/mol. The van der Waals surface area contributed by atoms with Gasteiger partial charge in [-0.25, -0.2) is 0 Å². The lowest BCUT2D eigenvalue weighted by Gasteiger charge is -2.28. The van der Waals surface area contributed by atoms with Gasteiger partial charge in [0.15, 0.2) is 0 Å². The van der Waals surface area contributed by atoms with Gasteiger partial charge in [-0.05, 0) is 140 Å². The molecule has 0 bridgehead atoms. The predicted octanol–water partition coefficient (Wildman–Crippen LogP) is 14.3. The summed E-state index contributed by atoms with van der Waals surface area (Å²) in [5.74, 6) is 0. The first-order chi connectivity index (χ1) is 25.2. The molecule has 0 radical (unpaired) electrons. The summed E-state index contributed by atoms with van der Waals surface area (Å²) in [7, 11) is 0. The summed E-state index contributed by atoms with van der Waals surface area (Å²) in [5, 5.41) is 7.73. The van der Waals surface area contributed by atoms with Crippen LogP contribution in [0.2, 0.25) is 0 Å². The van der Waals surface area contributed by atoms with Crippen molar-refractivity contribution in [2.45, 2.75) is 26.7 Å². The molecule has 1 heteroatoms. The van der Waals surface area contributed by atoms with Gasteiger partial charge in [-0.3, -0.25) is 0 Å². The maximum absolute atomic E-state index is 2.48. The van der Waals surface area contributed by atoms with Gasteiger partial charge in [0.25, 0.3) is 0 Å². The molecule has 0 N–H and O–H groups in total. The zero-order valence-electron chi connectivity index (χ0n) is 29.1. The number of para-hydroxylation sites is 1. The summed E-state index contributed by atoms with van der Waals surface area (Å²) in [6.45, 7) is 4.38. The fourth-order valence-corrected chi connectivity index (χ4v) is 8.12. The van der Waals surface area contributed by atoms with Gasteiger partial charge in [0.2, 0.25) is 0 Å². The number of fused-ring (bicyclic) bond motifs is 6. The first kappa shape index (κ1) is 30.8. The second-order valence-corrected chi connectivity index (χ2v) is 13.7. The van der Waals surface area contributed by atoms with Crippen molar-refractivity contribution in [1.29, 1.82) is 0 Å². The summed E-state index contributed by atoms with van der Waals surface area (Å²) >= 11 is 0. The van der Waals surface area contributed by atoms with Crippen LogP contribution in [0.3, 0.4) is 0 Å². The van der Waals surface area contributed by atoms with E-state index in [4.69, 9.17) is 0 Å². The van der Waals surface area contributed by atoms with Crippen molar-refractivity contribution in [3.8, 4) is 22.3 Å². The normalized spacial score (nSPS) is 12.8. The van der Waals surface area contributed by atoms with Gasteiger partial charge in [-0.2, -0.15) is 0 Å². The highest BCUT2D eigenvalue weighted by molar-refractivity contribution is 6.32. The number of benzene rings is 8. The molecule has 0 heterocycles. The average Bonchev–Trinajstić information content (AvgIpc) is 3.19. The van der Waals surface area contributed by atoms with Crippen LogP contribution in [0.4, 0.5) is 17.1 Å². The van der Waals surface area contributed by atoms with Gasteiger partial charge in [0.05, 0.1) is 0 Å². The van der Waals surface area contributed by atoms with Crippen LogP contribution in [-0.2, 0) is 0 Å². The monoisotopic (exact) mass is 653 g/mol. The van der Waals surface area contributed by atoms with Gasteiger partial charge in [0.1, 0.15) is 0 Å². The van der Waals surface area contributed by atoms with Crippen LogP contribution in [0.25, 0.3) is 60.1 Å². The van der Waals surface area contributed by atoms with Crippen molar-refractivity contribution in [1.82, 2.24) is 0 Å². The third kappa shape index (κ3) is 5.43. The summed E-state index contributed by atoms with van der Waals surface area (Å²) < 4.78 is 0. The van der Waals surface area contributed by atoms with Crippen molar-refractivity contribution in [3.63, 3.8) is 0 Å². The van der Waals surface area contributed by atoms with Crippen molar-refractivity contribution in [3.05, 3.63) is 193 Å². The van der Waals surface area contributed by atoms with E-state index in [0.717, 1.165) is 24.2 Å². The summed E-state index contributed by atoms with van der Waals surface area (Å²) in [5.41, 5.74) is 13.7. The summed E-state index contributed by atoms with van der Waals surface area (Å²) in [4.78, 5) is 2.42. The summed E-state index contributed by atoms with van der Waals surface area (Å²) in [6.07, 6.45) is 8.93. The van der Waals surface area contributed by atoms with Crippen LogP contribution in [0.15, 0.2) is 176 Å². The Hall–Kier alpha value is -6.18. The largest absolute Gasteiger partial charge is 0.310 e. The van der Waals surface area contributed by atoms with Gasteiger partial charge in [0, 0.05) is 17.1 Å². The first-order valence-corrected chi connectivity index (χ1v) is 18.0. The lowest BCUT2D eigenvalue weighted by Crippen LogP contribution is -2.11. The minimum atomic E-state index is 1.03. The lowest BCUT2D eigenvalue weighted by atomic mass is 9.80. The Morgan fingerprint density at radius 3 is 1.92 bits per heavy atom. The standard InChI is InChI=1S/C50H39N/c1-34-17-16-25-39(31-34)51(47-28-15-12-18-35(47)2)40-29-30-43-46(32-40)41-26-13-14-27-42(41)49-45(37-21-8-4-9-22-37)33-44(36-19-6-3-7-20-36)48(50(43)49)38-23-10-5-11-24-38/h3-8,10-21,23-33H,9,22H2,1-2H3. The van der Waals surface area contributed by atoms with E-state index in [-0.39, 0.29) is 0 Å². The molecular formula is C50H39N. The molecule has 0 aliphatic heterocycles. The molecule has 9 rings (SSSR count). The maximum atomic E-state index is 2.48. The van der Waals surface area contributed by atoms with Gasteiger partial charge >= 0.3 is 0 Å². The molecule has 0 saturated heterocycles. The minimum absolute atomic E-state index is 1.03. The highest BCUT2D eigenvalue weighted by Gasteiger charge is 2.23. The highest BCUT2D eigenvalue weighted by atomic mass is 15.1. The Labute approximate surface area is 300 Å². The van der Waals surface area contributed by atoms with Crippen molar-refractivity contribution >= 4 is 55.0 Å². The summed E-state index contributed by atoms with van der Waals surface area (Å²) in [6, 6.07) is 58.2. The van der Waals surface area contributed by atoms with E-state index in [1.165, 1.54) is 82.5 Å². The van der Waals surface area contributed by atoms with E-state index < -0.39 is 0 Å². The number of hydrogen-bond donors (Lipinski definition) is 0. The molecular weight excluding hydrogens is 615 g/mol. The van der Waals surface area contributed by atoms with Crippen LogP contribution in [0, 0.1) is 13.8 Å². The third-order valence-electron chi connectivity index (χ3n) is 10.5. The van der Waals surface area contributed by atoms with E-state index >= 15 is 0 Å². The molecule has 1 aliphatic rings. The Bertz CT molecular complexity index is 2640. The van der Waals surface area contributed by atoms with Crippen molar-refractivity contribution in [2.75, 3.05) is 4.90 Å². The lowest BCUT2D eigenvalue weighted by molar-refractivity contribution is 1.06. The van der Waals surface area contributed by atoms with Crippen LogP contribution >= 0.6 is 0 Å². The zero-order chi connectivity index (χ0) is 34.3. The Morgan fingerprint density at radius 1 is 0.490 bits per heavy atom. The van der Waals surface area contributed by atoms with Crippen LogP contribution in [-0.4, -0.2) is 0 Å². The van der Waals surface area contributed by atoms with E-state index in [2.05, 4.69) is 195 Å². The molecule has 244 valence electrons. The Morgan fingerprint density at radius 2 is 1.18 bits per heavy atom. The first-order valence-electron chi connectivity index (χ1n) is 18.0. The Kier molecular flexibility index (Phi) is 7.82. The number of allylic oxidation sites excluding steroid dienone is 4. The fourth-order valence-electron chi connectivity index (χ4n) is 8.12. The molecule has 51 heavy (non-hydrogen) atoms. The molecule has 0 atom stereocenters. The van der Waals surface area contributed by atoms with Crippen LogP contribution in [0.5, 0.6) is 0 Å². The predicted molar refractivity (Wildman–Crippen MR) is 220 cm³/mol. The maximum Gasteiger partial charge on any atom is 0.0490 e. The van der Waals surface area contributed by atoms with Gasteiger partial charge in [-0.15, -0.1) is 0 Å². The smallest absolute Gasteiger partial charge is 0.0490 e. The molecule has 8 aromatic rings. The molecule has 0 aromatic heterocycles.